The van der Waals surface area contributed by atoms with E-state index in [1.807, 2.05) is 31.2 Å². The highest BCUT2D eigenvalue weighted by molar-refractivity contribution is 7.15. The molecule has 0 spiro atoms. The Morgan fingerprint density at radius 3 is 2.92 bits per heavy atom. The number of thiazole rings is 1. The Labute approximate surface area is 156 Å². The van der Waals surface area contributed by atoms with Crippen LogP contribution in [-0.2, 0) is 11.3 Å². The van der Waals surface area contributed by atoms with Gasteiger partial charge in [-0.25, -0.2) is 4.98 Å². The van der Waals surface area contributed by atoms with Crippen molar-refractivity contribution in [3.63, 3.8) is 0 Å². The summed E-state index contributed by atoms with van der Waals surface area (Å²) < 4.78 is 2.18. The zero-order valence-corrected chi connectivity index (χ0v) is 15.7. The monoisotopic (exact) mass is 369 g/mol. The van der Waals surface area contributed by atoms with Crippen LogP contribution in [0.15, 0.2) is 35.8 Å². The lowest BCUT2D eigenvalue weighted by Gasteiger charge is -2.26. The first-order chi connectivity index (χ1) is 12.7. The van der Waals surface area contributed by atoms with E-state index < -0.39 is 0 Å². The fourth-order valence-electron chi connectivity index (χ4n) is 3.23. The lowest BCUT2D eigenvalue weighted by Crippen LogP contribution is -2.43. The molecule has 136 valence electrons. The second kappa shape index (κ2) is 7.57. The summed E-state index contributed by atoms with van der Waals surface area (Å²) in [6.07, 6.45) is 2.54. The van der Waals surface area contributed by atoms with Gasteiger partial charge in [0.15, 0.2) is 4.96 Å². The molecule has 1 amide bonds. The SMILES string of the molecule is CCC(=O)Nc1ccccc1-c1cn2c(CN3CCNCC3)csc2n1. The number of carbonyl (C=O) groups is 1. The molecule has 0 aliphatic carbocycles. The molecule has 2 aromatic heterocycles. The summed E-state index contributed by atoms with van der Waals surface area (Å²) in [5, 5.41) is 8.56. The van der Waals surface area contributed by atoms with Gasteiger partial charge in [-0.1, -0.05) is 25.1 Å². The highest BCUT2D eigenvalue weighted by atomic mass is 32.1. The lowest BCUT2D eigenvalue weighted by atomic mass is 10.1. The van der Waals surface area contributed by atoms with E-state index in [9.17, 15) is 4.79 Å². The predicted molar refractivity (Wildman–Crippen MR) is 106 cm³/mol. The Morgan fingerprint density at radius 1 is 1.31 bits per heavy atom. The Kier molecular flexibility index (Phi) is 5.01. The van der Waals surface area contributed by atoms with Crippen molar-refractivity contribution in [1.82, 2.24) is 19.6 Å². The lowest BCUT2D eigenvalue weighted by molar-refractivity contribution is -0.115. The van der Waals surface area contributed by atoms with Gasteiger partial charge in [0.1, 0.15) is 0 Å². The van der Waals surface area contributed by atoms with Crippen LogP contribution in [0, 0.1) is 0 Å². The van der Waals surface area contributed by atoms with Crippen molar-refractivity contribution >= 4 is 27.9 Å². The number of para-hydroxylation sites is 1. The molecule has 0 atom stereocenters. The van der Waals surface area contributed by atoms with Crippen LogP contribution in [0.3, 0.4) is 0 Å². The van der Waals surface area contributed by atoms with E-state index in [-0.39, 0.29) is 5.91 Å². The van der Waals surface area contributed by atoms with E-state index in [0.717, 1.165) is 54.6 Å². The molecule has 1 fully saturated rings. The molecule has 0 bridgehead atoms. The number of hydrogen-bond acceptors (Lipinski definition) is 5. The van der Waals surface area contributed by atoms with E-state index in [1.165, 1.54) is 5.69 Å². The van der Waals surface area contributed by atoms with Crippen LogP contribution in [0.1, 0.15) is 19.0 Å². The van der Waals surface area contributed by atoms with E-state index in [1.54, 1.807) is 11.3 Å². The van der Waals surface area contributed by atoms with Crippen LogP contribution in [0.4, 0.5) is 5.69 Å². The summed E-state index contributed by atoms with van der Waals surface area (Å²) in [5.74, 6) is 0.0119. The molecule has 2 N–H and O–H groups in total. The molecule has 0 radical (unpaired) electrons. The Hall–Kier alpha value is -2.22. The number of aromatic nitrogens is 2. The van der Waals surface area contributed by atoms with Gasteiger partial charge in [-0.15, -0.1) is 11.3 Å². The normalized spacial score (nSPS) is 15.4. The fraction of sp³-hybridized carbons (Fsp3) is 0.368. The molecule has 0 saturated carbocycles. The smallest absolute Gasteiger partial charge is 0.224 e. The minimum Gasteiger partial charge on any atom is -0.325 e. The van der Waals surface area contributed by atoms with Crippen molar-refractivity contribution in [2.45, 2.75) is 19.9 Å². The van der Waals surface area contributed by atoms with Gasteiger partial charge in [0.25, 0.3) is 0 Å². The molecular formula is C19H23N5OS. The number of rotatable bonds is 5. The molecule has 3 aromatic rings. The maximum absolute atomic E-state index is 11.8. The first-order valence-electron chi connectivity index (χ1n) is 9.02. The van der Waals surface area contributed by atoms with Crippen molar-refractivity contribution < 1.29 is 4.79 Å². The summed E-state index contributed by atoms with van der Waals surface area (Å²) in [6, 6.07) is 7.85. The zero-order chi connectivity index (χ0) is 17.9. The number of anilines is 1. The highest BCUT2D eigenvalue weighted by Crippen LogP contribution is 2.29. The van der Waals surface area contributed by atoms with Crippen LogP contribution < -0.4 is 10.6 Å². The number of benzene rings is 1. The first-order valence-corrected chi connectivity index (χ1v) is 9.90. The molecule has 4 rings (SSSR count). The molecule has 1 saturated heterocycles. The molecule has 1 aromatic carbocycles. The molecule has 1 aliphatic heterocycles. The molecule has 1 aliphatic rings. The third kappa shape index (κ3) is 3.51. The van der Waals surface area contributed by atoms with Crippen LogP contribution in [-0.4, -0.2) is 46.4 Å². The average Bonchev–Trinajstić information content (AvgIpc) is 3.25. The topological polar surface area (TPSA) is 61.7 Å². The minimum atomic E-state index is 0.0119. The summed E-state index contributed by atoms with van der Waals surface area (Å²) in [5.41, 5.74) is 3.93. The number of nitrogens with one attached hydrogen (secondary N) is 2. The second-order valence-corrected chi connectivity index (χ2v) is 7.32. The van der Waals surface area contributed by atoms with E-state index in [2.05, 4.69) is 31.5 Å². The van der Waals surface area contributed by atoms with Crippen LogP contribution in [0.25, 0.3) is 16.2 Å². The number of amides is 1. The van der Waals surface area contributed by atoms with Gasteiger partial charge in [-0.3, -0.25) is 14.1 Å². The quantitative estimate of drug-likeness (QED) is 0.726. The number of carbonyl (C=O) groups excluding carboxylic acids is 1. The van der Waals surface area contributed by atoms with Gasteiger partial charge in [0.2, 0.25) is 5.91 Å². The van der Waals surface area contributed by atoms with Crippen LogP contribution >= 0.6 is 11.3 Å². The van der Waals surface area contributed by atoms with Crippen molar-refractivity contribution in [2.75, 3.05) is 31.5 Å². The first kappa shape index (κ1) is 17.2. The van der Waals surface area contributed by atoms with Crippen molar-refractivity contribution in [3.8, 4) is 11.3 Å². The highest BCUT2D eigenvalue weighted by Gasteiger charge is 2.16. The molecule has 3 heterocycles. The van der Waals surface area contributed by atoms with Gasteiger partial charge < -0.3 is 10.6 Å². The number of fused-ring (bicyclic) bond motifs is 1. The minimum absolute atomic E-state index is 0.0119. The van der Waals surface area contributed by atoms with Crippen LogP contribution in [0.2, 0.25) is 0 Å². The summed E-state index contributed by atoms with van der Waals surface area (Å²) >= 11 is 1.66. The van der Waals surface area contributed by atoms with Crippen molar-refractivity contribution in [1.29, 1.82) is 0 Å². The van der Waals surface area contributed by atoms with Gasteiger partial charge >= 0.3 is 0 Å². The van der Waals surface area contributed by atoms with E-state index in [0.29, 0.717) is 6.42 Å². The zero-order valence-electron chi connectivity index (χ0n) is 14.9. The summed E-state index contributed by atoms with van der Waals surface area (Å²) in [4.78, 5) is 20.1. The standard InChI is InChI=1S/C19H23N5OS/c1-2-18(25)21-16-6-4-3-5-15(16)17-12-24-14(13-26-19(24)22-17)11-23-9-7-20-8-10-23/h3-6,12-13,20H,2,7-11H2,1H3,(H,21,25). The van der Waals surface area contributed by atoms with Gasteiger partial charge in [-0.05, 0) is 6.07 Å². The van der Waals surface area contributed by atoms with E-state index >= 15 is 0 Å². The van der Waals surface area contributed by atoms with Crippen LogP contribution in [0.5, 0.6) is 0 Å². The van der Waals surface area contributed by atoms with Gasteiger partial charge in [-0.2, -0.15) is 0 Å². The largest absolute Gasteiger partial charge is 0.325 e. The molecule has 0 unspecified atom stereocenters. The molecule has 26 heavy (non-hydrogen) atoms. The van der Waals surface area contributed by atoms with Gasteiger partial charge in [0.05, 0.1) is 11.4 Å². The molecular weight excluding hydrogens is 346 g/mol. The predicted octanol–water partition coefficient (Wildman–Crippen LogP) is 2.82. The van der Waals surface area contributed by atoms with Crippen molar-refractivity contribution in [3.05, 3.63) is 41.5 Å². The number of piperazine rings is 1. The molecule has 6 nitrogen and oxygen atoms in total. The maximum Gasteiger partial charge on any atom is 0.224 e. The number of imidazole rings is 1. The third-order valence-electron chi connectivity index (χ3n) is 4.68. The van der Waals surface area contributed by atoms with E-state index in [4.69, 9.17) is 4.98 Å². The van der Waals surface area contributed by atoms with Gasteiger partial charge in [0, 0.05) is 62.0 Å². The maximum atomic E-state index is 11.8. The molecule has 7 heteroatoms. The Balaban J connectivity index is 1.63. The summed E-state index contributed by atoms with van der Waals surface area (Å²) in [6.45, 7) is 7.04. The summed E-state index contributed by atoms with van der Waals surface area (Å²) in [7, 11) is 0. The Morgan fingerprint density at radius 2 is 2.12 bits per heavy atom. The fourth-order valence-corrected chi connectivity index (χ4v) is 4.09. The Bertz CT molecular complexity index is 910. The third-order valence-corrected chi connectivity index (χ3v) is 5.57. The second-order valence-electron chi connectivity index (χ2n) is 6.48. The average molecular weight is 369 g/mol. The van der Waals surface area contributed by atoms with Crippen molar-refractivity contribution in [2.24, 2.45) is 0 Å². The number of hydrogen-bond donors (Lipinski definition) is 2. The number of nitrogens with zero attached hydrogens (tertiary/aromatic N) is 3.